The molecule has 49 valence electrons. The highest BCUT2D eigenvalue weighted by Gasteiger charge is 2.17. The van der Waals surface area contributed by atoms with Crippen molar-refractivity contribution in [3.63, 3.8) is 0 Å². The zero-order valence-corrected chi connectivity index (χ0v) is 4.96. The van der Waals surface area contributed by atoms with Gasteiger partial charge in [-0.3, -0.25) is 0 Å². The van der Waals surface area contributed by atoms with Crippen molar-refractivity contribution in [2.24, 2.45) is 0 Å². The molecule has 0 aromatic carbocycles. The molecule has 0 spiro atoms. The molecule has 9 heavy (non-hydrogen) atoms. The fourth-order valence-corrected chi connectivity index (χ4v) is 0.325. The van der Waals surface area contributed by atoms with E-state index < -0.39 is 12.1 Å². The third-order valence-corrected chi connectivity index (χ3v) is 0.665. The summed E-state index contributed by atoms with van der Waals surface area (Å²) in [6.45, 7) is 1.81. The molecule has 1 atom stereocenters. The van der Waals surface area contributed by atoms with Gasteiger partial charge < -0.3 is 4.74 Å². The SMILES string of the molecule is CCOC(C#N)C([O])=O. The second-order valence-electron chi connectivity index (χ2n) is 1.28. The second kappa shape index (κ2) is 3.87. The van der Waals surface area contributed by atoms with Crippen LogP contribution in [0.2, 0.25) is 0 Å². The summed E-state index contributed by atoms with van der Waals surface area (Å²) in [5, 5.41) is 17.9. The summed E-state index contributed by atoms with van der Waals surface area (Å²) in [5.74, 6) is -1.49. The van der Waals surface area contributed by atoms with Crippen LogP contribution in [0, 0.1) is 11.3 Å². The van der Waals surface area contributed by atoms with Crippen LogP contribution in [-0.4, -0.2) is 18.7 Å². The van der Waals surface area contributed by atoms with E-state index in [0.717, 1.165) is 0 Å². The molecule has 0 aliphatic carbocycles. The minimum Gasteiger partial charge on any atom is -0.353 e. The van der Waals surface area contributed by atoms with Crippen LogP contribution in [0.1, 0.15) is 6.92 Å². The molecule has 0 saturated carbocycles. The zero-order valence-electron chi connectivity index (χ0n) is 4.96. The Balaban J connectivity index is 3.72. The van der Waals surface area contributed by atoms with Gasteiger partial charge in [-0.05, 0) is 6.92 Å². The normalized spacial score (nSPS) is 12.0. The van der Waals surface area contributed by atoms with E-state index in [1.165, 1.54) is 6.07 Å². The van der Waals surface area contributed by atoms with Crippen LogP contribution in [0.5, 0.6) is 0 Å². The summed E-state index contributed by atoms with van der Waals surface area (Å²) in [6.07, 6.45) is -1.42. The van der Waals surface area contributed by atoms with Crippen molar-refractivity contribution in [3.05, 3.63) is 0 Å². The highest BCUT2D eigenvalue weighted by Crippen LogP contribution is 1.88. The van der Waals surface area contributed by atoms with E-state index in [9.17, 15) is 9.90 Å². The van der Waals surface area contributed by atoms with E-state index >= 15 is 0 Å². The van der Waals surface area contributed by atoms with E-state index in [0.29, 0.717) is 0 Å². The summed E-state index contributed by atoms with van der Waals surface area (Å²) in [5.41, 5.74) is 0. The predicted molar refractivity (Wildman–Crippen MR) is 26.7 cm³/mol. The summed E-state index contributed by atoms with van der Waals surface area (Å²) in [4.78, 5) is 9.86. The number of rotatable bonds is 3. The van der Waals surface area contributed by atoms with Crippen molar-refractivity contribution in [2.75, 3.05) is 6.61 Å². The van der Waals surface area contributed by atoms with Crippen molar-refractivity contribution in [2.45, 2.75) is 13.0 Å². The number of ether oxygens (including phenoxy) is 1. The highest BCUT2D eigenvalue weighted by molar-refractivity contribution is 5.74. The summed E-state index contributed by atoms with van der Waals surface area (Å²) >= 11 is 0. The molecule has 0 aromatic rings. The maximum absolute atomic E-state index is 9.86. The van der Waals surface area contributed by atoms with Crippen LogP contribution in [0.15, 0.2) is 0 Å². The number of hydrogen-bond acceptors (Lipinski definition) is 3. The van der Waals surface area contributed by atoms with Crippen molar-refractivity contribution in [1.82, 2.24) is 0 Å². The van der Waals surface area contributed by atoms with E-state index in [2.05, 4.69) is 4.74 Å². The first-order valence-corrected chi connectivity index (χ1v) is 2.44. The maximum Gasteiger partial charge on any atom is 0.398 e. The van der Waals surface area contributed by atoms with Gasteiger partial charge in [-0.15, -0.1) is 0 Å². The van der Waals surface area contributed by atoms with Gasteiger partial charge in [-0.1, -0.05) is 0 Å². The lowest BCUT2D eigenvalue weighted by atomic mass is 10.4. The zero-order chi connectivity index (χ0) is 7.28. The van der Waals surface area contributed by atoms with Crippen LogP contribution in [0.25, 0.3) is 0 Å². The third kappa shape index (κ3) is 2.67. The second-order valence-corrected chi connectivity index (χ2v) is 1.28. The number of nitrogens with zero attached hydrogens (tertiary/aromatic N) is 1. The summed E-state index contributed by atoms with van der Waals surface area (Å²) in [7, 11) is 0. The number of nitriles is 1. The molecule has 0 saturated heterocycles. The first-order valence-electron chi connectivity index (χ1n) is 2.44. The first-order chi connectivity index (χ1) is 4.22. The maximum atomic E-state index is 9.86. The molecule has 4 nitrogen and oxygen atoms in total. The Kier molecular flexibility index (Phi) is 3.40. The number of carbonyl (C=O) groups excluding carboxylic acids is 1. The van der Waals surface area contributed by atoms with Gasteiger partial charge in [-0.2, -0.15) is 5.26 Å². The van der Waals surface area contributed by atoms with Gasteiger partial charge in [0.1, 0.15) is 6.07 Å². The Morgan fingerprint density at radius 3 is 2.56 bits per heavy atom. The van der Waals surface area contributed by atoms with Crippen LogP contribution in [0.3, 0.4) is 0 Å². The summed E-state index contributed by atoms with van der Waals surface area (Å²) in [6, 6.07) is 1.42. The van der Waals surface area contributed by atoms with Gasteiger partial charge in [0.2, 0.25) is 6.10 Å². The Bertz CT molecular complexity index is 138. The molecule has 0 fully saturated rings. The van der Waals surface area contributed by atoms with Crippen LogP contribution >= 0.6 is 0 Å². The first kappa shape index (κ1) is 7.92. The molecule has 0 bridgehead atoms. The molecular formula is C5H6NO3. The van der Waals surface area contributed by atoms with E-state index in [1.54, 1.807) is 6.92 Å². The molecule has 0 amide bonds. The number of carbonyl (C=O) groups is 1. The topological polar surface area (TPSA) is 70.0 Å². The van der Waals surface area contributed by atoms with Crippen molar-refractivity contribution in [1.29, 1.82) is 5.26 Å². The fraction of sp³-hybridized carbons (Fsp3) is 0.600. The van der Waals surface area contributed by atoms with Gasteiger partial charge >= 0.3 is 5.97 Å². The van der Waals surface area contributed by atoms with Crippen molar-refractivity contribution >= 4 is 5.97 Å². The minimum atomic E-state index is -1.49. The average molecular weight is 128 g/mol. The standard InChI is InChI=1S/C5H6NO3/c1-2-9-4(3-6)5(7)8/h4H,2H2,1H3. The Morgan fingerprint density at radius 2 is 2.44 bits per heavy atom. The van der Waals surface area contributed by atoms with Crippen LogP contribution in [-0.2, 0) is 14.6 Å². The third-order valence-electron chi connectivity index (χ3n) is 0.665. The molecule has 0 N–H and O–H groups in total. The lowest BCUT2D eigenvalue weighted by molar-refractivity contribution is -0.152. The molecule has 4 heteroatoms. The fourth-order valence-electron chi connectivity index (χ4n) is 0.325. The van der Waals surface area contributed by atoms with Crippen molar-refractivity contribution in [3.8, 4) is 6.07 Å². The molecule has 0 aliphatic heterocycles. The Labute approximate surface area is 52.7 Å². The number of hydrogen-bond donors (Lipinski definition) is 0. The van der Waals surface area contributed by atoms with E-state index in [4.69, 9.17) is 5.26 Å². The van der Waals surface area contributed by atoms with Crippen molar-refractivity contribution < 1.29 is 14.6 Å². The van der Waals surface area contributed by atoms with E-state index in [1.807, 2.05) is 0 Å². The average Bonchev–Trinajstić information content (AvgIpc) is 1.82. The molecule has 1 radical (unpaired) electrons. The van der Waals surface area contributed by atoms with Gasteiger partial charge in [0.15, 0.2) is 0 Å². The molecular weight excluding hydrogens is 122 g/mol. The molecule has 0 aliphatic rings. The largest absolute Gasteiger partial charge is 0.398 e. The van der Waals surface area contributed by atoms with Gasteiger partial charge in [0, 0.05) is 6.61 Å². The monoisotopic (exact) mass is 128 g/mol. The highest BCUT2D eigenvalue weighted by atomic mass is 16.5. The Hall–Kier alpha value is -1.08. The van der Waals surface area contributed by atoms with Gasteiger partial charge in [0.25, 0.3) is 0 Å². The predicted octanol–water partition coefficient (Wildman–Crippen LogP) is -0.128. The molecule has 1 unspecified atom stereocenters. The molecule has 0 heterocycles. The smallest absolute Gasteiger partial charge is 0.353 e. The van der Waals surface area contributed by atoms with Gasteiger partial charge in [0.05, 0.1) is 0 Å². The lowest BCUT2D eigenvalue weighted by Gasteiger charge is -1.98. The van der Waals surface area contributed by atoms with Crippen LogP contribution in [0.4, 0.5) is 0 Å². The summed E-state index contributed by atoms with van der Waals surface area (Å²) < 4.78 is 4.43. The quantitative estimate of drug-likeness (QED) is 0.531. The molecule has 0 rings (SSSR count). The van der Waals surface area contributed by atoms with E-state index in [-0.39, 0.29) is 6.61 Å². The Morgan fingerprint density at radius 1 is 1.89 bits per heavy atom. The molecule has 0 aromatic heterocycles. The lowest BCUT2D eigenvalue weighted by Crippen LogP contribution is -2.20. The minimum absolute atomic E-state index is 0.201. The van der Waals surface area contributed by atoms with Crippen LogP contribution < -0.4 is 0 Å². The van der Waals surface area contributed by atoms with Gasteiger partial charge in [-0.25, -0.2) is 9.90 Å².